The van der Waals surface area contributed by atoms with Crippen LogP contribution in [0.4, 0.5) is 0 Å². The Morgan fingerprint density at radius 1 is 0.615 bits per heavy atom. The van der Waals surface area contributed by atoms with Crippen molar-refractivity contribution in [2.75, 3.05) is 19.8 Å². The van der Waals surface area contributed by atoms with E-state index < -0.39 is 0 Å². The van der Waals surface area contributed by atoms with Crippen LogP contribution in [0.3, 0.4) is 0 Å². The molecule has 0 atom stereocenters. The van der Waals surface area contributed by atoms with E-state index in [1.54, 1.807) is 0 Å². The van der Waals surface area contributed by atoms with Crippen molar-refractivity contribution in [3.05, 3.63) is 0 Å². The standard InChI is InChI=1S/3C3H8O.Tb/c3*1-2-3-4;/h3*4H,2-3H2,1H3;. The fraction of sp³-hybridized carbons (Fsp3) is 1.00. The average molecular weight is 339 g/mol. The summed E-state index contributed by atoms with van der Waals surface area (Å²) in [6.45, 7) is 6.75. The predicted molar refractivity (Wildman–Crippen MR) is 52.1 cm³/mol. The molecule has 0 rings (SSSR count). The van der Waals surface area contributed by atoms with Crippen LogP contribution in [0.1, 0.15) is 40.0 Å². The predicted octanol–water partition coefficient (Wildman–Crippen LogP) is 1.17. The maximum absolute atomic E-state index is 7.88. The van der Waals surface area contributed by atoms with E-state index in [0.29, 0.717) is 19.8 Å². The first kappa shape index (κ1) is 23.8. The van der Waals surface area contributed by atoms with E-state index in [4.69, 9.17) is 15.3 Å². The number of hydrogen-bond donors (Lipinski definition) is 3. The Morgan fingerprint density at radius 3 is 0.692 bits per heavy atom. The Labute approximate surface area is 113 Å². The van der Waals surface area contributed by atoms with Crippen molar-refractivity contribution in [1.82, 2.24) is 0 Å². The number of hydrogen-bond acceptors (Lipinski definition) is 3. The first-order valence-electron chi connectivity index (χ1n) is 4.57. The van der Waals surface area contributed by atoms with Gasteiger partial charge in [-0.25, -0.2) is 0 Å². The van der Waals surface area contributed by atoms with E-state index in [-0.39, 0.29) is 38.6 Å². The van der Waals surface area contributed by atoms with Gasteiger partial charge in [0.2, 0.25) is 0 Å². The van der Waals surface area contributed by atoms with E-state index in [0.717, 1.165) is 19.3 Å². The Hall–Kier alpha value is 1.17. The first-order chi connectivity index (χ1) is 5.74. The van der Waals surface area contributed by atoms with Crippen LogP contribution in [-0.2, 0) is 0 Å². The smallest absolute Gasteiger partial charge is 0.0428 e. The molecule has 4 heteroatoms. The second kappa shape index (κ2) is 37.9. The fourth-order valence-electron chi connectivity index (χ4n) is 0. The second-order valence-electron chi connectivity index (χ2n) is 2.17. The largest absolute Gasteiger partial charge is 0.396 e. The Bertz CT molecular complexity index is 30.3. The zero-order valence-corrected chi connectivity index (χ0v) is 11.1. The molecule has 0 heterocycles. The molecule has 3 nitrogen and oxygen atoms in total. The van der Waals surface area contributed by atoms with Crippen molar-refractivity contribution < 1.29 is 53.9 Å². The number of aliphatic hydroxyl groups is 3. The summed E-state index contributed by atoms with van der Waals surface area (Å²) in [6.07, 6.45) is 2.62. The summed E-state index contributed by atoms with van der Waals surface area (Å²) in [6, 6.07) is 0. The normalized spacial score (nSPS) is 6.92. The molecule has 0 unspecified atom stereocenters. The molecule has 0 aromatic carbocycles. The molecule has 0 aliphatic rings. The van der Waals surface area contributed by atoms with Gasteiger partial charge in [-0.3, -0.25) is 0 Å². The van der Waals surface area contributed by atoms with Crippen molar-refractivity contribution in [1.29, 1.82) is 0 Å². The molecule has 0 amide bonds. The first-order valence-corrected chi connectivity index (χ1v) is 4.57. The Morgan fingerprint density at radius 2 is 0.692 bits per heavy atom. The van der Waals surface area contributed by atoms with Gasteiger partial charge in [0.1, 0.15) is 0 Å². The van der Waals surface area contributed by atoms with Crippen LogP contribution in [0.5, 0.6) is 0 Å². The maximum atomic E-state index is 7.88. The van der Waals surface area contributed by atoms with Crippen molar-refractivity contribution in [2.24, 2.45) is 0 Å². The minimum Gasteiger partial charge on any atom is -0.396 e. The second-order valence-corrected chi connectivity index (χ2v) is 2.17. The Kier molecular flexibility index (Phi) is 69.4. The Balaban J connectivity index is -0.0000000450. The molecule has 0 saturated carbocycles. The molecular weight excluding hydrogens is 315 g/mol. The van der Waals surface area contributed by atoms with Crippen molar-refractivity contribution >= 4 is 0 Å². The van der Waals surface area contributed by atoms with Crippen LogP contribution in [0.25, 0.3) is 0 Å². The summed E-state index contributed by atoms with van der Waals surface area (Å²) >= 11 is 0. The van der Waals surface area contributed by atoms with E-state index in [2.05, 4.69) is 0 Å². The van der Waals surface area contributed by atoms with Crippen molar-refractivity contribution in [3.63, 3.8) is 0 Å². The van der Waals surface area contributed by atoms with E-state index in [1.807, 2.05) is 20.8 Å². The zero-order chi connectivity index (χ0) is 10.2. The third-order valence-electron chi connectivity index (χ3n) is 0.671. The summed E-state index contributed by atoms with van der Waals surface area (Å²) in [5, 5.41) is 23.6. The van der Waals surface area contributed by atoms with Crippen molar-refractivity contribution in [2.45, 2.75) is 40.0 Å². The summed E-state index contributed by atoms with van der Waals surface area (Å²) in [5.41, 5.74) is 0. The van der Waals surface area contributed by atoms with E-state index in [1.165, 1.54) is 0 Å². The number of rotatable bonds is 3. The fourth-order valence-corrected chi connectivity index (χ4v) is 0. The minimum absolute atomic E-state index is 0. The van der Waals surface area contributed by atoms with Crippen LogP contribution in [-0.4, -0.2) is 35.1 Å². The zero-order valence-electron chi connectivity index (χ0n) is 8.92. The van der Waals surface area contributed by atoms with Crippen molar-refractivity contribution in [3.8, 4) is 0 Å². The van der Waals surface area contributed by atoms with Gasteiger partial charge in [0.25, 0.3) is 0 Å². The maximum Gasteiger partial charge on any atom is 0.0428 e. The van der Waals surface area contributed by atoms with Crippen LogP contribution < -0.4 is 0 Å². The summed E-state index contributed by atoms with van der Waals surface area (Å²) in [4.78, 5) is 0. The van der Waals surface area contributed by atoms with E-state index >= 15 is 0 Å². The summed E-state index contributed by atoms with van der Waals surface area (Å²) in [7, 11) is 0. The van der Waals surface area contributed by atoms with E-state index in [9.17, 15) is 0 Å². The monoisotopic (exact) mass is 339 g/mol. The van der Waals surface area contributed by atoms with Gasteiger partial charge in [0.05, 0.1) is 0 Å². The van der Waals surface area contributed by atoms with Gasteiger partial charge in [-0.05, 0) is 19.3 Å². The van der Waals surface area contributed by atoms with Crippen LogP contribution >= 0.6 is 0 Å². The molecule has 1 radical (unpaired) electrons. The SMILES string of the molecule is CCCO.CCCO.CCCO.[Tb]. The van der Waals surface area contributed by atoms with Gasteiger partial charge in [-0.2, -0.15) is 0 Å². The summed E-state index contributed by atoms with van der Waals surface area (Å²) < 4.78 is 0. The molecule has 0 saturated heterocycles. The van der Waals surface area contributed by atoms with Gasteiger partial charge in [-0.1, -0.05) is 20.8 Å². The molecule has 0 spiro atoms. The molecule has 0 aromatic heterocycles. The molecular formula is C9H24O3Tb. The van der Waals surface area contributed by atoms with Gasteiger partial charge >= 0.3 is 0 Å². The molecule has 0 bridgehead atoms. The molecule has 0 aromatic rings. The summed E-state index contributed by atoms with van der Waals surface area (Å²) in [5.74, 6) is 0. The van der Waals surface area contributed by atoms with Gasteiger partial charge in [-0.15, -0.1) is 0 Å². The molecule has 0 fully saturated rings. The molecule has 0 aliphatic carbocycles. The van der Waals surface area contributed by atoms with Gasteiger partial charge in [0.15, 0.2) is 0 Å². The molecule has 13 heavy (non-hydrogen) atoms. The minimum atomic E-state index is 0. The quantitative estimate of drug-likeness (QED) is 0.723. The molecule has 87 valence electrons. The third kappa shape index (κ3) is 94.6. The van der Waals surface area contributed by atoms with Crippen LogP contribution in [0, 0.1) is 38.6 Å². The van der Waals surface area contributed by atoms with Crippen LogP contribution in [0.15, 0.2) is 0 Å². The molecule has 0 aliphatic heterocycles. The topological polar surface area (TPSA) is 60.7 Å². The third-order valence-corrected chi connectivity index (χ3v) is 0.671. The van der Waals surface area contributed by atoms with Gasteiger partial charge in [0, 0.05) is 58.4 Å². The number of aliphatic hydroxyl groups excluding tert-OH is 3. The van der Waals surface area contributed by atoms with Gasteiger partial charge < -0.3 is 15.3 Å². The molecule has 3 N–H and O–H groups in total. The average Bonchev–Trinajstić information content (AvgIpc) is 2.18. The van der Waals surface area contributed by atoms with Crippen LogP contribution in [0.2, 0.25) is 0 Å².